The molecule has 1 heterocycles. The average Bonchev–Trinajstić information content (AvgIpc) is 2.56. The quantitative estimate of drug-likeness (QED) is 0.500. The van der Waals surface area contributed by atoms with Gasteiger partial charge in [-0.3, -0.25) is 4.79 Å². The number of aromatic nitrogens is 2. The van der Waals surface area contributed by atoms with Crippen molar-refractivity contribution in [1.82, 2.24) is 9.66 Å². The normalized spacial score (nSPS) is 10.7. The van der Waals surface area contributed by atoms with Crippen molar-refractivity contribution in [3.8, 4) is 11.5 Å². The van der Waals surface area contributed by atoms with Crippen LogP contribution in [0.3, 0.4) is 0 Å². The zero-order valence-electron chi connectivity index (χ0n) is 12.9. The number of nitrogens with zero attached hydrogens (tertiary/aromatic N) is 3. The fourth-order valence-corrected chi connectivity index (χ4v) is 1.87. The molecule has 2 aromatic rings. The second-order valence-corrected chi connectivity index (χ2v) is 4.47. The van der Waals surface area contributed by atoms with Crippen molar-refractivity contribution in [2.24, 2.45) is 5.29 Å². The highest BCUT2D eigenvalue weighted by Crippen LogP contribution is 2.30. The van der Waals surface area contributed by atoms with Crippen LogP contribution < -0.4 is 15.0 Å². The second kappa shape index (κ2) is 8.20. The first kappa shape index (κ1) is 16.8. The molecular weight excluding hydrogens is 306 g/mol. The van der Waals surface area contributed by atoms with E-state index in [0.29, 0.717) is 41.5 Å². The summed E-state index contributed by atoms with van der Waals surface area (Å²) in [7, 11) is 3.12. The van der Waals surface area contributed by atoms with Crippen LogP contribution in [0.4, 0.5) is 0 Å². The highest BCUT2D eigenvalue weighted by Gasteiger charge is 2.13. The molecule has 0 aliphatic rings. The highest BCUT2D eigenvalue weighted by atomic mass is 16.5. The highest BCUT2D eigenvalue weighted by molar-refractivity contribution is 5.81. The van der Waals surface area contributed by atoms with Crippen molar-refractivity contribution in [3.63, 3.8) is 0 Å². The fourth-order valence-electron chi connectivity index (χ4n) is 1.87. The first-order valence-electron chi connectivity index (χ1n) is 6.83. The molecule has 1 aromatic carbocycles. The lowest BCUT2D eigenvalue weighted by Crippen LogP contribution is -2.17. The van der Waals surface area contributed by atoms with Crippen LogP contribution in [-0.4, -0.2) is 50.3 Å². The Kier molecular flexibility index (Phi) is 6.01. The molecule has 0 saturated heterocycles. The summed E-state index contributed by atoms with van der Waals surface area (Å²) in [6.07, 6.45) is 1.06. The van der Waals surface area contributed by atoms with Gasteiger partial charge in [0.1, 0.15) is 19.5 Å². The first-order valence-corrected chi connectivity index (χ1v) is 6.83. The SMILES string of the molecule is COCCOc1cc2ncn(N=O)c(=O)c2cc1OCCOC. The van der Waals surface area contributed by atoms with Crippen molar-refractivity contribution in [2.45, 2.75) is 0 Å². The molecule has 0 unspecified atom stereocenters. The van der Waals surface area contributed by atoms with Gasteiger partial charge < -0.3 is 18.9 Å². The Labute approximate surface area is 131 Å². The number of rotatable bonds is 9. The van der Waals surface area contributed by atoms with Gasteiger partial charge in [-0.05, 0) is 6.07 Å². The van der Waals surface area contributed by atoms with Crippen LogP contribution in [0.2, 0.25) is 0 Å². The summed E-state index contributed by atoms with van der Waals surface area (Å²) >= 11 is 0. The predicted octanol–water partition coefficient (Wildman–Crippen LogP) is 0.976. The van der Waals surface area contributed by atoms with Crippen LogP contribution in [0.1, 0.15) is 0 Å². The Balaban J connectivity index is 2.42. The Hall–Kier alpha value is -2.52. The maximum absolute atomic E-state index is 12.1. The summed E-state index contributed by atoms with van der Waals surface area (Å²) in [5, 5.41) is 2.80. The number of nitroso groups, excluding NO2 is 1. The lowest BCUT2D eigenvalue weighted by molar-refractivity contribution is 0.132. The van der Waals surface area contributed by atoms with E-state index in [1.165, 1.54) is 6.07 Å². The lowest BCUT2D eigenvalue weighted by atomic mass is 10.2. The van der Waals surface area contributed by atoms with Gasteiger partial charge in [-0.1, -0.05) is 0 Å². The molecular formula is C14H17N3O6. The first-order chi connectivity index (χ1) is 11.2. The summed E-state index contributed by atoms with van der Waals surface area (Å²) in [5.41, 5.74) is -0.202. The number of benzene rings is 1. The molecule has 2 rings (SSSR count). The van der Waals surface area contributed by atoms with Crippen LogP contribution in [0, 0.1) is 4.91 Å². The van der Waals surface area contributed by atoms with Crippen molar-refractivity contribution in [2.75, 3.05) is 40.6 Å². The van der Waals surface area contributed by atoms with E-state index in [9.17, 15) is 9.70 Å². The smallest absolute Gasteiger partial charge is 0.284 e. The number of fused-ring (bicyclic) bond motifs is 1. The maximum atomic E-state index is 12.1. The summed E-state index contributed by atoms with van der Waals surface area (Å²) in [5.74, 6) is 0.780. The zero-order chi connectivity index (χ0) is 16.7. The molecule has 0 aliphatic heterocycles. The topological polar surface area (TPSA) is 101 Å². The van der Waals surface area contributed by atoms with E-state index < -0.39 is 5.56 Å². The molecule has 124 valence electrons. The standard InChI is InChI=1S/C14H17N3O6/c1-20-3-5-22-12-7-10-11(8-13(12)23-6-4-21-2)15-9-17(16-19)14(10)18/h7-9H,3-6H2,1-2H3. The van der Waals surface area contributed by atoms with Crippen LogP contribution in [0.15, 0.2) is 28.5 Å². The van der Waals surface area contributed by atoms with E-state index >= 15 is 0 Å². The number of hydrogen-bond acceptors (Lipinski definition) is 8. The van der Waals surface area contributed by atoms with Crippen LogP contribution in [-0.2, 0) is 9.47 Å². The van der Waals surface area contributed by atoms with Crippen LogP contribution >= 0.6 is 0 Å². The molecule has 9 nitrogen and oxygen atoms in total. The van der Waals surface area contributed by atoms with Gasteiger partial charge in [0, 0.05) is 20.3 Å². The lowest BCUT2D eigenvalue weighted by Gasteiger charge is -2.13. The van der Waals surface area contributed by atoms with Gasteiger partial charge in [-0.25, -0.2) is 4.98 Å². The zero-order valence-corrected chi connectivity index (χ0v) is 12.9. The molecule has 0 radical (unpaired) electrons. The van der Waals surface area contributed by atoms with Gasteiger partial charge in [0.2, 0.25) is 0 Å². The summed E-state index contributed by atoms with van der Waals surface area (Å²) in [6, 6.07) is 3.05. The fraction of sp³-hybridized carbons (Fsp3) is 0.429. The Morgan fingerprint density at radius 1 is 1.04 bits per heavy atom. The average molecular weight is 323 g/mol. The van der Waals surface area contributed by atoms with E-state index in [1.54, 1.807) is 20.3 Å². The third kappa shape index (κ3) is 4.02. The van der Waals surface area contributed by atoms with Crippen molar-refractivity contribution in [1.29, 1.82) is 0 Å². The van der Waals surface area contributed by atoms with Gasteiger partial charge in [0.05, 0.1) is 29.4 Å². The van der Waals surface area contributed by atoms with Crippen LogP contribution in [0.5, 0.6) is 11.5 Å². The van der Waals surface area contributed by atoms with Crippen molar-refractivity contribution >= 4 is 10.9 Å². The number of ether oxygens (including phenoxy) is 4. The van der Waals surface area contributed by atoms with Gasteiger partial charge in [0.15, 0.2) is 11.5 Å². The summed E-state index contributed by atoms with van der Waals surface area (Å²) in [4.78, 5) is 26.7. The molecule has 0 aliphatic carbocycles. The summed E-state index contributed by atoms with van der Waals surface area (Å²) in [6.45, 7) is 1.38. The molecule has 1 aromatic heterocycles. The maximum Gasteiger partial charge on any atom is 0.284 e. The Morgan fingerprint density at radius 2 is 1.65 bits per heavy atom. The predicted molar refractivity (Wildman–Crippen MR) is 81.9 cm³/mol. The molecule has 9 heteroatoms. The van der Waals surface area contributed by atoms with E-state index in [1.807, 2.05) is 0 Å². The van der Waals surface area contributed by atoms with E-state index in [4.69, 9.17) is 18.9 Å². The molecule has 0 spiro atoms. The third-order valence-electron chi connectivity index (χ3n) is 2.98. The van der Waals surface area contributed by atoms with Gasteiger partial charge in [-0.15, -0.1) is 9.58 Å². The van der Waals surface area contributed by atoms with Crippen molar-refractivity contribution < 1.29 is 18.9 Å². The van der Waals surface area contributed by atoms with Crippen LogP contribution in [0.25, 0.3) is 10.9 Å². The van der Waals surface area contributed by atoms with E-state index in [-0.39, 0.29) is 12.0 Å². The Bertz CT molecular complexity index is 730. The Morgan fingerprint density at radius 3 is 2.22 bits per heavy atom. The molecule has 0 saturated carbocycles. The van der Waals surface area contributed by atoms with Crippen molar-refractivity contribution in [3.05, 3.63) is 33.7 Å². The van der Waals surface area contributed by atoms with E-state index in [0.717, 1.165) is 6.33 Å². The monoisotopic (exact) mass is 323 g/mol. The molecule has 0 N–H and O–H groups in total. The molecule has 23 heavy (non-hydrogen) atoms. The minimum atomic E-state index is -0.579. The second-order valence-electron chi connectivity index (χ2n) is 4.47. The van der Waals surface area contributed by atoms with Gasteiger partial charge in [0.25, 0.3) is 5.56 Å². The van der Waals surface area contributed by atoms with Gasteiger partial charge >= 0.3 is 0 Å². The minimum absolute atomic E-state index is 0.207. The third-order valence-corrected chi connectivity index (χ3v) is 2.98. The van der Waals surface area contributed by atoms with Gasteiger partial charge in [-0.2, -0.15) is 0 Å². The molecule has 0 amide bonds. The number of methoxy groups -OCH3 is 2. The summed E-state index contributed by atoms with van der Waals surface area (Å²) < 4.78 is 21.6. The molecule has 0 atom stereocenters. The van der Waals surface area contributed by atoms with E-state index in [2.05, 4.69) is 10.3 Å². The number of hydrogen-bond donors (Lipinski definition) is 0. The minimum Gasteiger partial charge on any atom is -0.487 e. The molecule has 0 bridgehead atoms. The molecule has 0 fully saturated rings. The largest absolute Gasteiger partial charge is 0.487 e.